The molecule has 0 fully saturated rings. The van der Waals surface area contributed by atoms with Crippen LogP contribution in [0.15, 0.2) is 24.3 Å². The van der Waals surface area contributed by atoms with Crippen LogP contribution in [0.4, 0.5) is 0 Å². The third-order valence-electron chi connectivity index (χ3n) is 2.43. The predicted octanol–water partition coefficient (Wildman–Crippen LogP) is 1.60. The SMILES string of the molecule is C#CCN(CC)Cc1ccc(CN)cc1. The highest BCUT2D eigenvalue weighted by Gasteiger charge is 2.01. The molecule has 0 bridgehead atoms. The molecule has 0 aliphatic heterocycles. The third-order valence-corrected chi connectivity index (χ3v) is 2.43. The van der Waals surface area contributed by atoms with Crippen molar-refractivity contribution in [3.05, 3.63) is 35.4 Å². The maximum atomic E-state index is 5.54. The van der Waals surface area contributed by atoms with E-state index in [4.69, 9.17) is 12.2 Å². The van der Waals surface area contributed by atoms with Crippen LogP contribution < -0.4 is 5.73 Å². The van der Waals surface area contributed by atoms with Gasteiger partial charge in [-0.15, -0.1) is 6.42 Å². The van der Waals surface area contributed by atoms with Crippen molar-refractivity contribution in [2.45, 2.75) is 20.0 Å². The molecule has 0 spiro atoms. The van der Waals surface area contributed by atoms with E-state index in [1.54, 1.807) is 0 Å². The lowest BCUT2D eigenvalue weighted by Gasteiger charge is -2.17. The predicted molar refractivity (Wildman–Crippen MR) is 64.1 cm³/mol. The van der Waals surface area contributed by atoms with Gasteiger partial charge in [-0.1, -0.05) is 37.1 Å². The Kier molecular flexibility index (Phi) is 4.89. The fourth-order valence-electron chi connectivity index (χ4n) is 1.45. The first-order valence-corrected chi connectivity index (χ1v) is 5.23. The van der Waals surface area contributed by atoms with E-state index in [1.165, 1.54) is 11.1 Å². The first-order valence-electron chi connectivity index (χ1n) is 5.23. The Morgan fingerprint density at radius 1 is 1.27 bits per heavy atom. The van der Waals surface area contributed by atoms with Gasteiger partial charge in [-0.2, -0.15) is 0 Å². The van der Waals surface area contributed by atoms with Gasteiger partial charge < -0.3 is 5.73 Å². The van der Waals surface area contributed by atoms with Gasteiger partial charge in [0, 0.05) is 13.1 Å². The van der Waals surface area contributed by atoms with Crippen LogP contribution in [0.3, 0.4) is 0 Å². The monoisotopic (exact) mass is 202 g/mol. The first-order chi connectivity index (χ1) is 7.30. The summed E-state index contributed by atoms with van der Waals surface area (Å²) in [5.41, 5.74) is 7.99. The molecular formula is C13H18N2. The molecule has 0 aromatic heterocycles. The van der Waals surface area contributed by atoms with Crippen molar-refractivity contribution in [1.82, 2.24) is 4.90 Å². The largest absolute Gasteiger partial charge is 0.326 e. The Balaban J connectivity index is 2.59. The van der Waals surface area contributed by atoms with Gasteiger partial charge >= 0.3 is 0 Å². The highest BCUT2D eigenvalue weighted by molar-refractivity contribution is 5.22. The van der Waals surface area contributed by atoms with Gasteiger partial charge in [0.05, 0.1) is 6.54 Å². The standard InChI is InChI=1S/C13H18N2/c1-3-9-15(4-2)11-13-7-5-12(10-14)6-8-13/h1,5-8H,4,9-11,14H2,2H3. The van der Waals surface area contributed by atoms with Crippen molar-refractivity contribution in [1.29, 1.82) is 0 Å². The molecule has 2 nitrogen and oxygen atoms in total. The summed E-state index contributed by atoms with van der Waals surface area (Å²) in [6.45, 7) is 5.30. The first kappa shape index (κ1) is 11.8. The van der Waals surface area contributed by atoms with E-state index in [0.717, 1.165) is 13.1 Å². The maximum absolute atomic E-state index is 5.54. The van der Waals surface area contributed by atoms with E-state index in [1.807, 2.05) is 0 Å². The van der Waals surface area contributed by atoms with Gasteiger partial charge in [0.15, 0.2) is 0 Å². The summed E-state index contributed by atoms with van der Waals surface area (Å²) in [6, 6.07) is 8.36. The number of terminal acetylenes is 1. The number of benzene rings is 1. The average molecular weight is 202 g/mol. The van der Waals surface area contributed by atoms with Crippen molar-refractivity contribution >= 4 is 0 Å². The molecule has 2 N–H and O–H groups in total. The summed E-state index contributed by atoms with van der Waals surface area (Å²) in [5, 5.41) is 0. The van der Waals surface area contributed by atoms with Gasteiger partial charge in [0.1, 0.15) is 0 Å². The van der Waals surface area contributed by atoms with Gasteiger partial charge in [-0.25, -0.2) is 0 Å². The minimum Gasteiger partial charge on any atom is -0.326 e. The molecule has 1 rings (SSSR count). The van der Waals surface area contributed by atoms with E-state index in [-0.39, 0.29) is 0 Å². The fraction of sp³-hybridized carbons (Fsp3) is 0.385. The average Bonchev–Trinajstić information content (AvgIpc) is 2.29. The molecular weight excluding hydrogens is 184 g/mol. The van der Waals surface area contributed by atoms with E-state index in [0.29, 0.717) is 13.1 Å². The molecule has 0 unspecified atom stereocenters. The van der Waals surface area contributed by atoms with Crippen molar-refractivity contribution in [2.24, 2.45) is 5.73 Å². The molecule has 0 atom stereocenters. The van der Waals surface area contributed by atoms with Crippen molar-refractivity contribution in [3.63, 3.8) is 0 Å². The summed E-state index contributed by atoms with van der Waals surface area (Å²) in [6.07, 6.45) is 5.30. The number of nitrogens with zero attached hydrogens (tertiary/aromatic N) is 1. The molecule has 1 aromatic carbocycles. The minimum absolute atomic E-state index is 0.599. The Hall–Kier alpha value is -1.30. The Labute approximate surface area is 92.1 Å². The van der Waals surface area contributed by atoms with Crippen molar-refractivity contribution in [2.75, 3.05) is 13.1 Å². The molecule has 0 saturated heterocycles. The van der Waals surface area contributed by atoms with Gasteiger partial charge in [-0.3, -0.25) is 4.90 Å². The lowest BCUT2D eigenvalue weighted by Crippen LogP contribution is -2.22. The second-order valence-corrected chi connectivity index (χ2v) is 3.53. The van der Waals surface area contributed by atoms with Crippen LogP contribution in [0.25, 0.3) is 0 Å². The van der Waals surface area contributed by atoms with E-state index < -0.39 is 0 Å². The van der Waals surface area contributed by atoms with Crippen LogP contribution >= 0.6 is 0 Å². The van der Waals surface area contributed by atoms with Gasteiger partial charge in [0.2, 0.25) is 0 Å². The minimum atomic E-state index is 0.599. The number of hydrogen-bond acceptors (Lipinski definition) is 2. The van der Waals surface area contributed by atoms with Crippen LogP contribution in [0.1, 0.15) is 18.1 Å². The Bertz CT molecular complexity index is 321. The maximum Gasteiger partial charge on any atom is 0.0601 e. The lowest BCUT2D eigenvalue weighted by atomic mass is 10.1. The second-order valence-electron chi connectivity index (χ2n) is 3.53. The highest BCUT2D eigenvalue weighted by atomic mass is 15.1. The van der Waals surface area contributed by atoms with Crippen LogP contribution in [-0.4, -0.2) is 18.0 Å². The number of nitrogens with two attached hydrogens (primary N) is 1. The van der Waals surface area contributed by atoms with Crippen LogP contribution in [-0.2, 0) is 13.1 Å². The molecule has 80 valence electrons. The zero-order valence-electron chi connectivity index (χ0n) is 9.24. The molecule has 15 heavy (non-hydrogen) atoms. The summed E-state index contributed by atoms with van der Waals surface area (Å²) < 4.78 is 0. The summed E-state index contributed by atoms with van der Waals surface area (Å²) in [4.78, 5) is 2.22. The molecule has 0 radical (unpaired) electrons. The second kappa shape index (κ2) is 6.23. The van der Waals surface area contributed by atoms with E-state index in [2.05, 4.69) is 42.0 Å². The van der Waals surface area contributed by atoms with Crippen LogP contribution in [0.2, 0.25) is 0 Å². The fourth-order valence-corrected chi connectivity index (χ4v) is 1.45. The summed E-state index contributed by atoms with van der Waals surface area (Å²) in [7, 11) is 0. The lowest BCUT2D eigenvalue weighted by molar-refractivity contribution is 0.316. The normalized spacial score (nSPS) is 10.3. The molecule has 1 aromatic rings. The smallest absolute Gasteiger partial charge is 0.0601 e. The highest BCUT2D eigenvalue weighted by Crippen LogP contribution is 2.06. The quantitative estimate of drug-likeness (QED) is 0.735. The molecule has 0 heterocycles. The summed E-state index contributed by atoms with van der Waals surface area (Å²) >= 11 is 0. The molecule has 0 aliphatic carbocycles. The van der Waals surface area contributed by atoms with Gasteiger partial charge in [-0.05, 0) is 17.7 Å². The van der Waals surface area contributed by atoms with Crippen molar-refractivity contribution in [3.8, 4) is 12.3 Å². The molecule has 2 heteroatoms. The zero-order chi connectivity index (χ0) is 11.1. The molecule has 0 amide bonds. The van der Waals surface area contributed by atoms with E-state index >= 15 is 0 Å². The Morgan fingerprint density at radius 2 is 1.87 bits per heavy atom. The topological polar surface area (TPSA) is 29.3 Å². The molecule has 0 saturated carbocycles. The molecule has 0 aliphatic rings. The Morgan fingerprint density at radius 3 is 2.33 bits per heavy atom. The van der Waals surface area contributed by atoms with Crippen molar-refractivity contribution < 1.29 is 0 Å². The summed E-state index contributed by atoms with van der Waals surface area (Å²) in [5.74, 6) is 2.67. The van der Waals surface area contributed by atoms with Gasteiger partial charge in [0.25, 0.3) is 0 Å². The third kappa shape index (κ3) is 3.75. The van der Waals surface area contributed by atoms with Crippen LogP contribution in [0, 0.1) is 12.3 Å². The number of hydrogen-bond donors (Lipinski definition) is 1. The van der Waals surface area contributed by atoms with Crippen LogP contribution in [0.5, 0.6) is 0 Å². The van der Waals surface area contributed by atoms with E-state index in [9.17, 15) is 0 Å². The number of rotatable bonds is 5. The zero-order valence-corrected chi connectivity index (χ0v) is 9.24.